The highest BCUT2D eigenvalue weighted by molar-refractivity contribution is 5.79. The van der Waals surface area contributed by atoms with Gasteiger partial charge in [0.1, 0.15) is 0 Å². The molecule has 0 radical (unpaired) electrons. The van der Waals surface area contributed by atoms with Crippen LogP contribution in [-0.4, -0.2) is 64.1 Å². The average Bonchev–Trinajstić information content (AvgIpc) is 3.17. The maximum Gasteiger partial charge on any atom is 0.490 e. The van der Waals surface area contributed by atoms with Crippen molar-refractivity contribution in [3.63, 3.8) is 0 Å². The number of likely N-dealkylation sites (tertiary alicyclic amines) is 1. The number of aromatic nitrogens is 2. The largest absolute Gasteiger partial charge is 0.490 e. The van der Waals surface area contributed by atoms with Crippen LogP contribution in [0.25, 0.3) is 10.9 Å². The van der Waals surface area contributed by atoms with Crippen molar-refractivity contribution in [1.82, 2.24) is 25.3 Å². The maximum absolute atomic E-state index is 12.7. The van der Waals surface area contributed by atoms with Crippen LogP contribution in [0.1, 0.15) is 31.2 Å². The number of aryl methyl sites for hydroxylation is 1. The van der Waals surface area contributed by atoms with Crippen molar-refractivity contribution in [3.8, 4) is 0 Å². The molecule has 2 fully saturated rings. The second-order valence-electron chi connectivity index (χ2n) is 8.59. The Kier molecular flexibility index (Phi) is 8.17. The summed E-state index contributed by atoms with van der Waals surface area (Å²) < 4.78 is 33.6. The Bertz CT molecular complexity index is 956. The first kappa shape index (κ1) is 24.8. The zero-order valence-electron chi connectivity index (χ0n) is 18.6. The molecule has 8 nitrogen and oxygen atoms in total. The number of alkyl halides is 3. The van der Waals surface area contributed by atoms with Gasteiger partial charge in [0.25, 0.3) is 0 Å². The molecule has 3 heterocycles. The van der Waals surface area contributed by atoms with Gasteiger partial charge in [0.05, 0.1) is 5.52 Å². The van der Waals surface area contributed by atoms with Gasteiger partial charge in [0.15, 0.2) is 0 Å². The molecule has 1 aromatic carbocycles. The predicted octanol–water partition coefficient (Wildman–Crippen LogP) is 3.13. The fraction of sp³-hybridized carbons (Fsp3) is 0.591. The number of carboxylic acid groups (broad SMARTS) is 1. The van der Waals surface area contributed by atoms with Gasteiger partial charge in [-0.3, -0.25) is 4.68 Å². The molecule has 1 aromatic heterocycles. The summed E-state index contributed by atoms with van der Waals surface area (Å²) in [6.07, 6.45) is 1.83. The third-order valence-electron chi connectivity index (χ3n) is 6.17. The fourth-order valence-electron chi connectivity index (χ4n) is 4.48. The molecule has 2 saturated heterocycles. The van der Waals surface area contributed by atoms with Gasteiger partial charge < -0.3 is 20.6 Å². The van der Waals surface area contributed by atoms with E-state index in [2.05, 4.69) is 33.9 Å². The number of nitrogens with one attached hydrogen (secondary N) is 2. The van der Waals surface area contributed by atoms with Crippen LogP contribution in [0.5, 0.6) is 0 Å². The molecule has 3 N–H and O–H groups in total. The maximum atomic E-state index is 12.7. The number of piperidine rings is 2. The molecule has 182 valence electrons. The number of amides is 2. The van der Waals surface area contributed by atoms with Crippen LogP contribution >= 0.6 is 0 Å². The minimum atomic E-state index is -5.08. The summed E-state index contributed by atoms with van der Waals surface area (Å²) in [5, 5.41) is 19.2. The number of hydrogen-bond acceptors (Lipinski definition) is 4. The van der Waals surface area contributed by atoms with Crippen LogP contribution in [0.3, 0.4) is 0 Å². The van der Waals surface area contributed by atoms with Crippen molar-refractivity contribution in [2.75, 3.05) is 26.2 Å². The normalized spacial score (nSPS) is 19.6. The Morgan fingerprint density at radius 3 is 2.58 bits per heavy atom. The van der Waals surface area contributed by atoms with Gasteiger partial charge in [0, 0.05) is 38.3 Å². The number of benzene rings is 1. The number of halogens is 3. The van der Waals surface area contributed by atoms with Gasteiger partial charge in [-0.05, 0) is 62.2 Å². The standard InChI is InChI=1S/C20H29N5O.C2HF3O2/c1-24-13-18-5-4-15(11-19(18)23-24)12-22-20(26)25-10-2-3-17(14-25)16-6-8-21-9-7-16;3-2(4,5)1(6)7/h4-5,11,13,16-17,21H,2-3,6-10,12,14H2,1H3,(H,22,26);(H,6,7). The minimum absolute atomic E-state index is 0.0738. The lowest BCUT2D eigenvalue weighted by Gasteiger charge is -2.38. The van der Waals surface area contributed by atoms with Crippen LogP contribution in [0.2, 0.25) is 0 Å². The first-order chi connectivity index (χ1) is 15.6. The van der Waals surface area contributed by atoms with E-state index < -0.39 is 12.1 Å². The Hall–Kier alpha value is -2.82. The smallest absolute Gasteiger partial charge is 0.475 e. The molecule has 0 bridgehead atoms. The Balaban J connectivity index is 0.000000383. The van der Waals surface area contributed by atoms with E-state index in [-0.39, 0.29) is 6.03 Å². The van der Waals surface area contributed by atoms with Gasteiger partial charge in [0.2, 0.25) is 0 Å². The van der Waals surface area contributed by atoms with E-state index in [0.29, 0.717) is 12.5 Å². The SMILES string of the molecule is Cn1cc2ccc(CNC(=O)N3CCCC(C4CCNCC4)C3)cc2n1.O=C(O)C(F)(F)F. The lowest BCUT2D eigenvalue weighted by Crippen LogP contribution is -2.47. The summed E-state index contributed by atoms with van der Waals surface area (Å²) >= 11 is 0. The highest BCUT2D eigenvalue weighted by Gasteiger charge is 2.38. The number of carbonyl (C=O) groups is 2. The lowest BCUT2D eigenvalue weighted by atomic mass is 9.80. The number of nitrogens with zero attached hydrogens (tertiary/aromatic N) is 3. The molecule has 0 saturated carbocycles. The molecule has 2 aliphatic heterocycles. The molecule has 0 aliphatic carbocycles. The quantitative estimate of drug-likeness (QED) is 0.642. The third kappa shape index (κ3) is 7.08. The number of rotatable bonds is 3. The van der Waals surface area contributed by atoms with E-state index in [9.17, 15) is 18.0 Å². The fourth-order valence-corrected chi connectivity index (χ4v) is 4.48. The highest BCUT2D eigenvalue weighted by Crippen LogP contribution is 2.29. The van der Waals surface area contributed by atoms with Gasteiger partial charge in [-0.2, -0.15) is 18.3 Å². The zero-order chi connectivity index (χ0) is 24.0. The summed E-state index contributed by atoms with van der Waals surface area (Å²) in [5.41, 5.74) is 2.07. The second kappa shape index (κ2) is 10.9. The van der Waals surface area contributed by atoms with E-state index in [1.165, 1.54) is 19.3 Å². The summed E-state index contributed by atoms with van der Waals surface area (Å²) in [6.45, 7) is 4.61. The first-order valence-corrected chi connectivity index (χ1v) is 11.1. The molecule has 1 unspecified atom stereocenters. The van der Waals surface area contributed by atoms with Crippen molar-refractivity contribution in [2.24, 2.45) is 18.9 Å². The van der Waals surface area contributed by atoms with Crippen LogP contribution in [0, 0.1) is 11.8 Å². The number of urea groups is 1. The lowest BCUT2D eigenvalue weighted by molar-refractivity contribution is -0.192. The van der Waals surface area contributed by atoms with E-state index >= 15 is 0 Å². The Morgan fingerprint density at radius 1 is 1.21 bits per heavy atom. The van der Waals surface area contributed by atoms with E-state index in [1.807, 2.05) is 22.8 Å². The van der Waals surface area contributed by atoms with Crippen molar-refractivity contribution in [2.45, 2.75) is 38.4 Å². The van der Waals surface area contributed by atoms with Crippen LogP contribution in [-0.2, 0) is 18.4 Å². The van der Waals surface area contributed by atoms with Crippen molar-refractivity contribution < 1.29 is 27.9 Å². The summed E-state index contributed by atoms with van der Waals surface area (Å²) in [4.78, 5) is 23.6. The van der Waals surface area contributed by atoms with Gasteiger partial charge >= 0.3 is 18.2 Å². The molecule has 2 aromatic rings. The number of hydrogen-bond donors (Lipinski definition) is 3. The molecule has 2 amide bonds. The highest BCUT2D eigenvalue weighted by atomic mass is 19.4. The molecule has 33 heavy (non-hydrogen) atoms. The molecule has 2 aliphatic rings. The Morgan fingerprint density at radius 2 is 1.91 bits per heavy atom. The molecule has 4 rings (SSSR count). The monoisotopic (exact) mass is 469 g/mol. The van der Waals surface area contributed by atoms with Crippen LogP contribution < -0.4 is 10.6 Å². The molecular formula is C22H30F3N5O3. The van der Waals surface area contributed by atoms with Crippen molar-refractivity contribution >= 4 is 22.9 Å². The summed E-state index contributed by atoms with van der Waals surface area (Å²) in [7, 11) is 1.93. The van der Waals surface area contributed by atoms with Crippen molar-refractivity contribution in [3.05, 3.63) is 30.0 Å². The average molecular weight is 470 g/mol. The molecule has 1 atom stereocenters. The molecule has 0 spiro atoms. The van der Waals surface area contributed by atoms with Crippen LogP contribution in [0.15, 0.2) is 24.4 Å². The van der Waals surface area contributed by atoms with Crippen molar-refractivity contribution in [1.29, 1.82) is 0 Å². The number of carboxylic acids is 1. The predicted molar refractivity (Wildman–Crippen MR) is 117 cm³/mol. The molecular weight excluding hydrogens is 439 g/mol. The van der Waals surface area contributed by atoms with Crippen LogP contribution in [0.4, 0.5) is 18.0 Å². The first-order valence-electron chi connectivity index (χ1n) is 11.1. The number of aliphatic carboxylic acids is 1. The number of carbonyl (C=O) groups excluding carboxylic acids is 1. The van der Waals surface area contributed by atoms with E-state index in [0.717, 1.165) is 55.0 Å². The summed E-state index contributed by atoms with van der Waals surface area (Å²) in [6, 6.07) is 6.27. The molecule has 11 heteroatoms. The topological polar surface area (TPSA) is 99.5 Å². The Labute approximate surface area is 190 Å². The van der Waals surface area contributed by atoms with E-state index in [4.69, 9.17) is 9.90 Å². The van der Waals surface area contributed by atoms with Gasteiger partial charge in [-0.1, -0.05) is 12.1 Å². The minimum Gasteiger partial charge on any atom is -0.475 e. The van der Waals surface area contributed by atoms with Gasteiger partial charge in [-0.15, -0.1) is 0 Å². The number of fused-ring (bicyclic) bond motifs is 1. The zero-order valence-corrected chi connectivity index (χ0v) is 18.6. The second-order valence-corrected chi connectivity index (χ2v) is 8.59. The van der Waals surface area contributed by atoms with E-state index in [1.54, 1.807) is 0 Å². The van der Waals surface area contributed by atoms with Gasteiger partial charge in [-0.25, -0.2) is 9.59 Å². The summed E-state index contributed by atoms with van der Waals surface area (Å²) in [5.74, 6) is -1.31. The third-order valence-corrected chi connectivity index (χ3v) is 6.17.